The molecule has 0 N–H and O–H groups in total. The first-order valence-electron chi connectivity index (χ1n) is 17.6. The first-order valence-corrected chi connectivity index (χ1v) is 17.6. The first kappa shape index (κ1) is 28.8. The minimum absolute atomic E-state index is 1.08. The normalized spacial score (nSPS) is 11.8. The molecule has 0 bridgehead atoms. The third-order valence-electron chi connectivity index (χ3n) is 10.7. The molecule has 11 aromatic rings. The fourth-order valence-corrected chi connectivity index (χ4v) is 8.45. The number of hydrogen-bond acceptors (Lipinski definition) is 2. The number of nitrogens with zero attached hydrogens (tertiary/aromatic N) is 4. The lowest BCUT2D eigenvalue weighted by Gasteiger charge is -2.21. The summed E-state index contributed by atoms with van der Waals surface area (Å²) in [4.78, 5) is 8.75. The number of benzene rings is 7. The van der Waals surface area contributed by atoms with Gasteiger partial charge in [0.2, 0.25) is 0 Å². The van der Waals surface area contributed by atoms with Crippen LogP contribution in [0, 0.1) is 0 Å². The summed E-state index contributed by atoms with van der Waals surface area (Å²) in [6, 6.07) is 57.6. The second-order valence-corrected chi connectivity index (χ2v) is 13.5. The van der Waals surface area contributed by atoms with Crippen LogP contribution in [0.2, 0.25) is 0 Å². The van der Waals surface area contributed by atoms with Gasteiger partial charge in [-0.05, 0) is 104 Å². The maximum absolute atomic E-state index is 4.38. The molecule has 0 aliphatic heterocycles. The Balaban J connectivity index is 1.37. The van der Waals surface area contributed by atoms with Crippen LogP contribution >= 0.6 is 0 Å². The molecule has 0 atom stereocenters. The predicted molar refractivity (Wildman–Crippen MR) is 217 cm³/mol. The highest BCUT2D eigenvalue weighted by Crippen LogP contribution is 2.48. The van der Waals surface area contributed by atoms with Gasteiger partial charge in [0.1, 0.15) is 0 Å². The Morgan fingerprint density at radius 3 is 1.31 bits per heavy atom. The van der Waals surface area contributed by atoms with Gasteiger partial charge in [-0.25, -0.2) is 0 Å². The van der Waals surface area contributed by atoms with E-state index in [0.717, 1.165) is 33.8 Å². The monoisotopic (exact) mass is 662 g/mol. The van der Waals surface area contributed by atoms with Crippen molar-refractivity contribution in [1.29, 1.82) is 0 Å². The van der Waals surface area contributed by atoms with E-state index >= 15 is 0 Å². The van der Waals surface area contributed by atoms with Crippen molar-refractivity contribution in [2.75, 3.05) is 0 Å². The van der Waals surface area contributed by atoms with Gasteiger partial charge in [0.15, 0.2) is 0 Å². The van der Waals surface area contributed by atoms with Gasteiger partial charge in [-0.1, -0.05) is 97.1 Å². The van der Waals surface area contributed by atoms with Crippen LogP contribution in [0.5, 0.6) is 0 Å². The maximum Gasteiger partial charge on any atom is 0.0553 e. The minimum atomic E-state index is 1.08. The minimum Gasteiger partial charge on any atom is -0.309 e. The van der Waals surface area contributed by atoms with Crippen LogP contribution in [0.3, 0.4) is 0 Å². The van der Waals surface area contributed by atoms with E-state index < -0.39 is 0 Å². The maximum atomic E-state index is 4.38. The molecule has 7 aromatic carbocycles. The second kappa shape index (κ2) is 11.2. The average Bonchev–Trinajstić information content (AvgIpc) is 3.79. The third kappa shape index (κ3) is 4.21. The van der Waals surface area contributed by atoms with Gasteiger partial charge in [0.25, 0.3) is 0 Å². The number of pyridine rings is 2. The Labute approximate surface area is 299 Å². The molecule has 4 heterocycles. The number of rotatable bonds is 4. The predicted octanol–water partition coefficient (Wildman–Crippen LogP) is 12.3. The Morgan fingerprint density at radius 1 is 0.308 bits per heavy atom. The summed E-state index contributed by atoms with van der Waals surface area (Å²) in [6.07, 6.45) is 7.52. The van der Waals surface area contributed by atoms with Gasteiger partial charge in [0.05, 0.1) is 22.4 Å². The number of hydrogen-bond donors (Lipinski definition) is 0. The molecule has 0 radical (unpaired) electrons. The van der Waals surface area contributed by atoms with Crippen LogP contribution in [0.4, 0.5) is 0 Å². The van der Waals surface area contributed by atoms with Gasteiger partial charge in [0, 0.05) is 58.1 Å². The number of fused-ring (bicyclic) bond motifs is 7. The first-order chi connectivity index (χ1) is 25.8. The molecule has 52 heavy (non-hydrogen) atoms. The van der Waals surface area contributed by atoms with E-state index in [1.807, 2.05) is 24.8 Å². The van der Waals surface area contributed by atoms with Gasteiger partial charge in [-0.15, -0.1) is 0 Å². The smallest absolute Gasteiger partial charge is 0.0553 e. The van der Waals surface area contributed by atoms with Crippen molar-refractivity contribution < 1.29 is 0 Å². The molecule has 4 aromatic heterocycles. The van der Waals surface area contributed by atoms with E-state index in [-0.39, 0.29) is 0 Å². The lowest BCUT2D eigenvalue weighted by atomic mass is 9.86. The summed E-state index contributed by atoms with van der Waals surface area (Å²) >= 11 is 0. The molecule has 242 valence electrons. The lowest BCUT2D eigenvalue weighted by molar-refractivity contribution is 1.12. The van der Waals surface area contributed by atoms with E-state index in [4.69, 9.17) is 0 Å². The third-order valence-corrected chi connectivity index (χ3v) is 10.7. The summed E-state index contributed by atoms with van der Waals surface area (Å²) in [5.74, 6) is 0. The van der Waals surface area contributed by atoms with Crippen molar-refractivity contribution in [1.82, 2.24) is 19.1 Å². The van der Waals surface area contributed by atoms with Crippen LogP contribution in [-0.2, 0) is 0 Å². The van der Waals surface area contributed by atoms with Gasteiger partial charge in [-0.2, -0.15) is 0 Å². The van der Waals surface area contributed by atoms with Crippen molar-refractivity contribution >= 4 is 64.9 Å². The number of aromatic nitrogens is 4. The lowest BCUT2D eigenvalue weighted by Crippen LogP contribution is -2.01. The van der Waals surface area contributed by atoms with E-state index in [2.05, 4.69) is 177 Å². The summed E-state index contributed by atoms with van der Waals surface area (Å²) in [6.45, 7) is 0. The fourth-order valence-electron chi connectivity index (χ4n) is 8.45. The highest BCUT2D eigenvalue weighted by molar-refractivity contribution is 6.26. The van der Waals surface area contributed by atoms with Crippen molar-refractivity contribution in [2.24, 2.45) is 0 Å². The van der Waals surface area contributed by atoms with Gasteiger partial charge in [-0.3, -0.25) is 9.97 Å². The molecule has 0 spiro atoms. The molecule has 0 amide bonds. The largest absolute Gasteiger partial charge is 0.309 e. The molecule has 0 saturated carbocycles. The fraction of sp³-hybridized carbons (Fsp3) is 0. The topological polar surface area (TPSA) is 35.6 Å². The van der Waals surface area contributed by atoms with Gasteiger partial charge >= 0.3 is 0 Å². The molecule has 0 saturated heterocycles. The van der Waals surface area contributed by atoms with Crippen LogP contribution < -0.4 is 0 Å². The van der Waals surface area contributed by atoms with E-state index in [1.165, 1.54) is 65.0 Å². The van der Waals surface area contributed by atoms with E-state index in [9.17, 15) is 0 Å². The van der Waals surface area contributed by atoms with Gasteiger partial charge < -0.3 is 9.13 Å². The summed E-state index contributed by atoms with van der Waals surface area (Å²) < 4.78 is 4.80. The van der Waals surface area contributed by atoms with Crippen LogP contribution in [-0.4, -0.2) is 19.1 Å². The Hall–Kier alpha value is -7.04. The second-order valence-electron chi connectivity index (χ2n) is 13.5. The zero-order valence-electron chi connectivity index (χ0n) is 28.1. The molecular formula is C48H30N4. The summed E-state index contributed by atoms with van der Waals surface area (Å²) in [7, 11) is 0. The van der Waals surface area contributed by atoms with Crippen molar-refractivity contribution in [3.05, 3.63) is 183 Å². The van der Waals surface area contributed by atoms with E-state index in [0.29, 0.717) is 0 Å². The van der Waals surface area contributed by atoms with Crippen molar-refractivity contribution in [2.45, 2.75) is 0 Å². The van der Waals surface area contributed by atoms with Crippen molar-refractivity contribution in [3.8, 4) is 33.9 Å². The average molecular weight is 663 g/mol. The zero-order valence-corrected chi connectivity index (χ0v) is 28.1. The molecule has 0 fully saturated rings. The molecule has 0 aliphatic carbocycles. The van der Waals surface area contributed by atoms with Crippen LogP contribution in [0.25, 0.3) is 98.8 Å². The van der Waals surface area contributed by atoms with Crippen LogP contribution in [0.1, 0.15) is 0 Å². The summed E-state index contributed by atoms with van der Waals surface area (Å²) in [5.41, 5.74) is 9.20. The number of para-hydroxylation sites is 2. The highest BCUT2D eigenvalue weighted by Gasteiger charge is 2.24. The zero-order chi connectivity index (χ0) is 34.2. The molecule has 0 unspecified atom stereocenters. The molecule has 0 aliphatic rings. The molecule has 11 rings (SSSR count). The molecule has 4 nitrogen and oxygen atoms in total. The quantitative estimate of drug-likeness (QED) is 0.139. The Kier molecular flexibility index (Phi) is 6.22. The SMILES string of the molecule is c1ccc2c(c1)ccc1cc3c(-c4cc5ccccc5n4-c4ccncc4)c4ccccc4c(-c4cc5ccccc5n4-c4ccncc4)c3cc12. The Morgan fingerprint density at radius 2 is 0.750 bits per heavy atom. The highest BCUT2D eigenvalue weighted by atomic mass is 15.0. The Bertz CT molecular complexity index is 3170. The van der Waals surface area contributed by atoms with Crippen molar-refractivity contribution in [3.63, 3.8) is 0 Å². The van der Waals surface area contributed by atoms with Crippen LogP contribution in [0.15, 0.2) is 183 Å². The summed E-state index contributed by atoms with van der Waals surface area (Å²) in [5, 5.41) is 12.2. The van der Waals surface area contributed by atoms with E-state index in [1.54, 1.807) is 0 Å². The standard InChI is InChI=1S/C48H30N4/c1-4-12-37-31(9-1)17-18-32-27-41-42(30-40(32)37)48(46-29-34-11-3-8-16-44(34)52(46)36-21-25-50-26-22-36)39-14-6-5-13-38(39)47(41)45-28-33-10-2-7-15-43(33)51(45)35-19-23-49-24-20-35/h1-30H. The molecular weight excluding hydrogens is 633 g/mol. The molecule has 4 heteroatoms.